The summed E-state index contributed by atoms with van der Waals surface area (Å²) in [6.07, 6.45) is 1.76. The van der Waals surface area contributed by atoms with E-state index < -0.39 is 12.0 Å². The van der Waals surface area contributed by atoms with Gasteiger partial charge in [0, 0.05) is 7.05 Å². The summed E-state index contributed by atoms with van der Waals surface area (Å²) in [6, 6.07) is -0.662. The van der Waals surface area contributed by atoms with Crippen molar-refractivity contribution in [3.05, 3.63) is 16.7 Å². The Morgan fingerprint density at radius 1 is 1.56 bits per heavy atom. The molecule has 1 unspecified atom stereocenters. The van der Waals surface area contributed by atoms with E-state index in [9.17, 15) is 9.59 Å². The Balaban J connectivity index is 2.00. The molecule has 0 bridgehead atoms. The predicted molar refractivity (Wildman–Crippen MR) is 103 cm³/mol. The second-order valence-electron chi connectivity index (χ2n) is 6.31. The minimum absolute atomic E-state index is 0.0470. The molecule has 0 saturated carbocycles. The summed E-state index contributed by atoms with van der Waals surface area (Å²) in [5.74, 6) is -0.177. The van der Waals surface area contributed by atoms with Crippen LogP contribution in [0, 0.1) is 5.92 Å². The number of aromatic nitrogens is 4. The van der Waals surface area contributed by atoms with Crippen LogP contribution in [0.2, 0.25) is 0 Å². The molecule has 10 nitrogen and oxygen atoms in total. The van der Waals surface area contributed by atoms with Crippen molar-refractivity contribution in [3.63, 3.8) is 0 Å². The Morgan fingerprint density at radius 3 is 2.96 bits per heavy atom. The van der Waals surface area contributed by atoms with E-state index in [1.54, 1.807) is 11.6 Å². The minimum atomic E-state index is -0.662. The van der Waals surface area contributed by atoms with Crippen molar-refractivity contribution in [2.75, 3.05) is 19.0 Å². The highest BCUT2D eigenvalue weighted by Crippen LogP contribution is 2.12. The number of carbonyl (C=O) groups excluding carboxylic acids is 1. The summed E-state index contributed by atoms with van der Waals surface area (Å²) in [5, 5.41) is 2.79. The molecule has 0 aromatic carbocycles. The van der Waals surface area contributed by atoms with Gasteiger partial charge in [-0.1, -0.05) is 20.8 Å². The number of carbonyl (C=O) groups is 1. The van der Waals surface area contributed by atoms with E-state index in [1.165, 1.54) is 6.33 Å². The molecule has 0 saturated heterocycles. The third-order valence-electron chi connectivity index (χ3n) is 4.03. The lowest BCUT2D eigenvalue weighted by atomic mass is 10.1. The van der Waals surface area contributed by atoms with Crippen LogP contribution >= 0.6 is 8.98 Å². The summed E-state index contributed by atoms with van der Waals surface area (Å²) in [6.45, 7) is 5.81. The summed E-state index contributed by atoms with van der Waals surface area (Å²) < 4.78 is 23.9. The zero-order valence-corrected chi connectivity index (χ0v) is 16.7. The number of anilines is 1. The highest BCUT2D eigenvalue weighted by atomic mass is 31.0. The molecule has 0 fully saturated rings. The second-order valence-corrected chi connectivity index (χ2v) is 6.54. The minimum Gasteiger partial charge on any atom is -0.461 e. The maximum Gasteiger partial charge on any atom is 0.331 e. The zero-order valence-electron chi connectivity index (χ0n) is 16.8. The Hall–Kier alpha value is -2.32. The van der Waals surface area contributed by atoms with Crippen LogP contribution < -0.4 is 10.9 Å². The molecule has 2 aromatic rings. The number of aromatic amines is 1. The first kappa shape index (κ1) is 19.4. The predicted octanol–water partition coefficient (Wildman–Crippen LogP) is 1.81. The number of ether oxygens (including phenoxy) is 2. The van der Waals surface area contributed by atoms with E-state index in [0.29, 0.717) is 18.0 Å². The average Bonchev–Trinajstić information content (AvgIpc) is 3.09. The Kier molecular flexibility index (Phi) is 6.89. The van der Waals surface area contributed by atoms with Gasteiger partial charge in [0.05, 0.1) is 12.4 Å². The van der Waals surface area contributed by atoms with Gasteiger partial charge in [-0.15, -0.1) is 0 Å². The smallest absolute Gasteiger partial charge is 0.331 e. The number of H-pyrrole nitrogens is 1. The van der Waals surface area contributed by atoms with Crippen molar-refractivity contribution in [2.45, 2.75) is 46.1 Å². The third kappa shape index (κ3) is 5.11. The normalized spacial score (nSPS) is 14.5. The Labute approximate surface area is 160 Å². The van der Waals surface area contributed by atoms with Gasteiger partial charge >= 0.3 is 5.97 Å². The average molecular weight is 397 g/mol. The molecule has 2 aromatic heterocycles. The van der Waals surface area contributed by atoms with Gasteiger partial charge in [0.25, 0.3) is 5.56 Å². The molecule has 0 amide bonds. The summed E-state index contributed by atoms with van der Waals surface area (Å²) in [7, 11) is 1.70. The summed E-state index contributed by atoms with van der Waals surface area (Å²) >= 11 is 0. The summed E-state index contributed by atoms with van der Waals surface area (Å²) in [5.41, 5.74) is 0.275. The van der Waals surface area contributed by atoms with Crippen LogP contribution in [-0.2, 0) is 21.0 Å². The molecule has 2 rings (SSSR count). The Morgan fingerprint density at radius 2 is 2.33 bits per heavy atom. The number of nitrogens with zero attached hydrogens (tertiary/aromatic N) is 4. The molecule has 0 radical (unpaired) electrons. The molecule has 0 aliphatic rings. The maximum atomic E-state index is 12.2. The second kappa shape index (κ2) is 9.57. The third-order valence-corrected chi connectivity index (χ3v) is 4.27. The first-order valence-electron chi connectivity index (χ1n) is 9.11. The number of esters is 1. The standard InChI is InChI=1S/C16H25N6O4P/c1-5-10(6-25-15(24)11(21-27)9(2)3)26-8-22-7-18-12-13(22)19-16(17-4)20-14(12)23/h7,9-11,27H,5-6,8H2,1-4H3,(H2,17,19,20,23)/t10?,11-/m1/s1/i27D. The first-order valence-corrected chi connectivity index (χ1v) is 9.06. The number of imidazole rings is 1. The molecule has 11 heteroatoms. The van der Waals surface area contributed by atoms with Crippen LogP contribution in [0.1, 0.15) is 27.2 Å². The van der Waals surface area contributed by atoms with Crippen LogP contribution in [0.3, 0.4) is 0 Å². The largest absolute Gasteiger partial charge is 0.461 e. The van der Waals surface area contributed by atoms with Crippen LogP contribution in [-0.4, -0.2) is 52.6 Å². The van der Waals surface area contributed by atoms with Crippen LogP contribution in [0.5, 0.6) is 0 Å². The number of nitrogens with one attached hydrogen (secondary N) is 2. The van der Waals surface area contributed by atoms with Gasteiger partial charge < -0.3 is 14.8 Å². The number of rotatable bonds is 10. The molecule has 0 spiro atoms. The highest BCUT2D eigenvalue weighted by molar-refractivity contribution is 7.04. The van der Waals surface area contributed by atoms with Gasteiger partial charge in [-0.2, -0.15) is 4.98 Å². The zero-order chi connectivity index (χ0) is 20.7. The van der Waals surface area contributed by atoms with Gasteiger partial charge in [0.15, 0.2) is 17.2 Å². The van der Waals surface area contributed by atoms with E-state index in [0.717, 1.165) is 0 Å². The number of hydrogen-bond donors (Lipinski definition) is 2. The first-order chi connectivity index (χ1) is 13.4. The number of fused-ring (bicyclic) bond motifs is 1. The lowest BCUT2D eigenvalue weighted by Gasteiger charge is -2.19. The molecule has 2 N–H and O–H groups in total. The van der Waals surface area contributed by atoms with Crippen molar-refractivity contribution in [2.24, 2.45) is 10.7 Å². The monoisotopic (exact) mass is 397 g/mol. The molecule has 27 heavy (non-hydrogen) atoms. The molecule has 148 valence electrons. The van der Waals surface area contributed by atoms with Gasteiger partial charge in [-0.3, -0.25) is 19.1 Å². The maximum absolute atomic E-state index is 12.2. The molecular formula is C16H25N6O4P. The van der Waals surface area contributed by atoms with Crippen LogP contribution in [0.25, 0.3) is 11.2 Å². The van der Waals surface area contributed by atoms with Crippen LogP contribution in [0.4, 0.5) is 5.95 Å². The lowest BCUT2D eigenvalue weighted by Crippen LogP contribution is -2.30. The molecule has 2 heterocycles. The quantitative estimate of drug-likeness (QED) is 0.463. The topological polar surface area (TPSA) is 123 Å². The molecule has 0 aliphatic heterocycles. The van der Waals surface area contributed by atoms with Gasteiger partial charge in [0.2, 0.25) is 5.95 Å². The van der Waals surface area contributed by atoms with Gasteiger partial charge in [0.1, 0.15) is 14.6 Å². The van der Waals surface area contributed by atoms with Crippen molar-refractivity contribution < 1.29 is 14.3 Å². The molecule has 2 atom stereocenters. The van der Waals surface area contributed by atoms with Crippen molar-refractivity contribution in [1.82, 2.24) is 19.5 Å². The van der Waals surface area contributed by atoms with Crippen molar-refractivity contribution in [1.29, 1.82) is 1.28 Å². The Bertz CT molecular complexity index is 884. The SMILES string of the molecule is [2H]P=N[C@@H](C(=O)OCC(CC)OCn1cnc2c(=O)[nH]c(NC)nc21)C(C)C. The molecule has 0 aliphatic carbocycles. The fraction of sp³-hybridized carbons (Fsp3) is 0.625. The van der Waals surface area contributed by atoms with Gasteiger partial charge in [-0.25, -0.2) is 9.78 Å². The van der Waals surface area contributed by atoms with E-state index >= 15 is 0 Å². The summed E-state index contributed by atoms with van der Waals surface area (Å²) in [4.78, 5) is 35.1. The van der Waals surface area contributed by atoms with Crippen molar-refractivity contribution in [3.8, 4) is 0 Å². The lowest BCUT2D eigenvalue weighted by molar-refractivity contribution is -0.151. The molecular weight excluding hydrogens is 371 g/mol. The van der Waals surface area contributed by atoms with E-state index in [4.69, 9.17) is 10.8 Å². The van der Waals surface area contributed by atoms with E-state index in [1.807, 2.05) is 20.8 Å². The fourth-order valence-electron chi connectivity index (χ4n) is 2.35. The van der Waals surface area contributed by atoms with Gasteiger partial charge in [-0.05, 0) is 21.3 Å². The number of hydrogen-bond acceptors (Lipinski definition) is 8. The van der Waals surface area contributed by atoms with E-state index in [-0.39, 0.29) is 45.4 Å². The fourth-order valence-corrected chi connectivity index (χ4v) is 2.71. The van der Waals surface area contributed by atoms with Crippen molar-refractivity contribution >= 4 is 32.1 Å². The van der Waals surface area contributed by atoms with E-state index in [2.05, 4.69) is 25.0 Å². The van der Waals surface area contributed by atoms with Crippen LogP contribution in [0.15, 0.2) is 15.9 Å². The highest BCUT2D eigenvalue weighted by Gasteiger charge is 2.23.